The molecule has 1 aliphatic rings. The van der Waals surface area contributed by atoms with Crippen LogP contribution in [-0.2, 0) is 16.2 Å². The highest BCUT2D eigenvalue weighted by atomic mass is 16.5. The number of amides is 1. The lowest BCUT2D eigenvalue weighted by Gasteiger charge is -2.29. The Kier molecular flexibility index (Phi) is 6.14. The third-order valence-corrected chi connectivity index (χ3v) is 5.29. The average Bonchev–Trinajstić information content (AvgIpc) is 2.69. The quantitative estimate of drug-likeness (QED) is 0.716. The second kappa shape index (κ2) is 8.74. The predicted octanol–water partition coefficient (Wildman–Crippen LogP) is 4.65. The number of allylic oxidation sites excluding steroid dienone is 2. The van der Waals surface area contributed by atoms with E-state index in [1.54, 1.807) is 24.3 Å². The van der Waals surface area contributed by atoms with Crippen LogP contribution < -0.4 is 10.1 Å². The standard InChI is InChI=1S/C23H25NO4/c1-15-12-20(21(23(26)27)13-16(15)2)22(25)24-18-8-10-19(11-9-18)28-14-17-6-4-3-5-7-17/h3-11,20-21H,12-14H2,1-2H3,(H,24,25)(H,26,27). The van der Waals surface area contributed by atoms with Crippen LogP contribution in [0.2, 0.25) is 0 Å². The summed E-state index contributed by atoms with van der Waals surface area (Å²) >= 11 is 0. The van der Waals surface area contributed by atoms with Gasteiger partial charge < -0.3 is 15.2 Å². The number of hydrogen-bond donors (Lipinski definition) is 2. The highest BCUT2D eigenvalue weighted by molar-refractivity contribution is 5.95. The number of carboxylic acid groups (broad SMARTS) is 1. The van der Waals surface area contributed by atoms with E-state index in [0.29, 0.717) is 30.9 Å². The smallest absolute Gasteiger partial charge is 0.307 e. The molecule has 2 aromatic rings. The normalized spacial score (nSPS) is 19.2. The SMILES string of the molecule is CC1=C(C)CC(C(=O)Nc2ccc(OCc3ccccc3)cc2)C(C(=O)O)C1. The average molecular weight is 379 g/mol. The Morgan fingerprint density at radius 2 is 1.57 bits per heavy atom. The van der Waals surface area contributed by atoms with Gasteiger partial charge in [-0.1, -0.05) is 41.5 Å². The molecule has 2 unspecified atom stereocenters. The van der Waals surface area contributed by atoms with E-state index in [0.717, 1.165) is 16.7 Å². The number of carbonyl (C=O) groups is 2. The van der Waals surface area contributed by atoms with Crippen molar-refractivity contribution in [3.05, 3.63) is 71.3 Å². The van der Waals surface area contributed by atoms with Crippen LogP contribution in [0.5, 0.6) is 5.75 Å². The highest BCUT2D eigenvalue weighted by Gasteiger charge is 2.37. The van der Waals surface area contributed by atoms with Gasteiger partial charge in [-0.3, -0.25) is 9.59 Å². The fraction of sp³-hybridized carbons (Fsp3) is 0.304. The van der Waals surface area contributed by atoms with Crippen molar-refractivity contribution in [2.75, 3.05) is 5.32 Å². The Hall–Kier alpha value is -3.08. The number of rotatable bonds is 6. The number of nitrogens with one attached hydrogen (secondary N) is 1. The van der Waals surface area contributed by atoms with Crippen LogP contribution in [0, 0.1) is 11.8 Å². The first-order chi connectivity index (χ1) is 13.4. The number of anilines is 1. The van der Waals surface area contributed by atoms with E-state index in [4.69, 9.17) is 4.74 Å². The van der Waals surface area contributed by atoms with Crippen molar-refractivity contribution >= 4 is 17.6 Å². The van der Waals surface area contributed by atoms with Crippen LogP contribution >= 0.6 is 0 Å². The predicted molar refractivity (Wildman–Crippen MR) is 108 cm³/mol. The molecule has 0 aromatic heterocycles. The summed E-state index contributed by atoms with van der Waals surface area (Å²) in [4.78, 5) is 24.3. The zero-order valence-corrected chi connectivity index (χ0v) is 16.1. The maximum Gasteiger partial charge on any atom is 0.307 e. The lowest BCUT2D eigenvalue weighted by molar-refractivity contribution is -0.146. The molecule has 28 heavy (non-hydrogen) atoms. The van der Waals surface area contributed by atoms with Crippen molar-refractivity contribution in [2.24, 2.45) is 11.8 Å². The van der Waals surface area contributed by atoms with Crippen molar-refractivity contribution in [3.63, 3.8) is 0 Å². The summed E-state index contributed by atoms with van der Waals surface area (Å²) in [6, 6.07) is 17.0. The van der Waals surface area contributed by atoms with Crippen LogP contribution in [0.3, 0.4) is 0 Å². The maximum absolute atomic E-state index is 12.7. The zero-order valence-electron chi connectivity index (χ0n) is 16.1. The van der Waals surface area contributed by atoms with Gasteiger partial charge in [-0.05, 0) is 56.5 Å². The lowest BCUT2D eigenvalue weighted by Crippen LogP contribution is -2.36. The van der Waals surface area contributed by atoms with Crippen molar-refractivity contribution < 1.29 is 19.4 Å². The van der Waals surface area contributed by atoms with Crippen LogP contribution in [0.1, 0.15) is 32.3 Å². The first kappa shape index (κ1) is 19.7. The summed E-state index contributed by atoms with van der Waals surface area (Å²) in [6.07, 6.45) is 0.901. The first-order valence-corrected chi connectivity index (χ1v) is 9.39. The van der Waals surface area contributed by atoms with Crippen molar-refractivity contribution in [1.29, 1.82) is 0 Å². The summed E-state index contributed by atoms with van der Waals surface area (Å²) in [5.41, 5.74) is 3.87. The van der Waals surface area contributed by atoms with E-state index in [9.17, 15) is 14.7 Å². The van der Waals surface area contributed by atoms with E-state index in [1.165, 1.54) is 0 Å². The molecule has 0 bridgehead atoms. The maximum atomic E-state index is 12.7. The van der Waals surface area contributed by atoms with Gasteiger partial charge >= 0.3 is 5.97 Å². The second-order valence-electron chi connectivity index (χ2n) is 7.31. The fourth-order valence-corrected chi connectivity index (χ4v) is 3.44. The van der Waals surface area contributed by atoms with Crippen LogP contribution in [0.4, 0.5) is 5.69 Å². The number of carboxylic acids is 1. The van der Waals surface area contributed by atoms with E-state index in [2.05, 4.69) is 5.32 Å². The summed E-state index contributed by atoms with van der Waals surface area (Å²) in [5.74, 6) is -1.71. The minimum Gasteiger partial charge on any atom is -0.489 e. The van der Waals surface area contributed by atoms with Gasteiger partial charge in [-0.15, -0.1) is 0 Å². The first-order valence-electron chi connectivity index (χ1n) is 9.39. The molecule has 5 heteroatoms. The Bertz CT molecular complexity index is 871. The van der Waals surface area contributed by atoms with Crippen molar-refractivity contribution in [3.8, 4) is 5.75 Å². The molecule has 2 atom stereocenters. The van der Waals surface area contributed by atoms with Crippen molar-refractivity contribution in [1.82, 2.24) is 0 Å². The lowest BCUT2D eigenvalue weighted by atomic mass is 9.76. The monoisotopic (exact) mass is 379 g/mol. The van der Waals surface area contributed by atoms with E-state index >= 15 is 0 Å². The van der Waals surface area contributed by atoms with Gasteiger partial charge in [-0.2, -0.15) is 0 Å². The molecule has 0 saturated carbocycles. The molecule has 0 heterocycles. The zero-order chi connectivity index (χ0) is 20.1. The summed E-state index contributed by atoms with van der Waals surface area (Å²) in [6.45, 7) is 4.37. The summed E-state index contributed by atoms with van der Waals surface area (Å²) in [5, 5.41) is 12.4. The number of aliphatic carboxylic acids is 1. The number of hydrogen-bond acceptors (Lipinski definition) is 3. The van der Waals surface area contributed by atoms with Crippen LogP contribution in [0.15, 0.2) is 65.7 Å². The van der Waals surface area contributed by atoms with Gasteiger partial charge in [0.2, 0.25) is 5.91 Å². The Morgan fingerprint density at radius 3 is 2.18 bits per heavy atom. The molecule has 0 spiro atoms. The Morgan fingerprint density at radius 1 is 0.964 bits per heavy atom. The van der Waals surface area contributed by atoms with E-state index in [1.807, 2.05) is 44.2 Å². The highest BCUT2D eigenvalue weighted by Crippen LogP contribution is 2.35. The Balaban J connectivity index is 1.61. The molecular formula is C23H25NO4. The number of carbonyl (C=O) groups excluding carboxylic acids is 1. The minimum absolute atomic E-state index is 0.253. The van der Waals surface area contributed by atoms with Gasteiger partial charge in [0.15, 0.2) is 0 Å². The molecule has 0 aliphatic heterocycles. The Labute approximate surface area is 165 Å². The molecule has 1 amide bonds. The van der Waals surface area contributed by atoms with Gasteiger partial charge in [0.1, 0.15) is 12.4 Å². The number of benzene rings is 2. The third kappa shape index (κ3) is 4.80. The fourth-order valence-electron chi connectivity index (χ4n) is 3.44. The molecule has 2 N–H and O–H groups in total. The molecule has 1 aliphatic carbocycles. The van der Waals surface area contributed by atoms with Crippen molar-refractivity contribution in [2.45, 2.75) is 33.3 Å². The minimum atomic E-state index is -0.920. The molecule has 5 nitrogen and oxygen atoms in total. The summed E-state index contributed by atoms with van der Waals surface area (Å²) < 4.78 is 5.75. The molecule has 2 aromatic carbocycles. The topological polar surface area (TPSA) is 75.6 Å². The van der Waals surface area contributed by atoms with E-state index in [-0.39, 0.29) is 5.91 Å². The molecule has 0 radical (unpaired) electrons. The number of ether oxygens (including phenoxy) is 1. The molecule has 0 saturated heterocycles. The van der Waals surface area contributed by atoms with Crippen LogP contribution in [0.25, 0.3) is 0 Å². The molecule has 0 fully saturated rings. The second-order valence-corrected chi connectivity index (χ2v) is 7.31. The van der Waals surface area contributed by atoms with Gasteiger partial charge in [0, 0.05) is 5.69 Å². The van der Waals surface area contributed by atoms with Gasteiger partial charge in [0.25, 0.3) is 0 Å². The molecular weight excluding hydrogens is 354 g/mol. The largest absolute Gasteiger partial charge is 0.489 e. The molecule has 3 rings (SSSR count). The molecule has 146 valence electrons. The third-order valence-electron chi connectivity index (χ3n) is 5.29. The summed E-state index contributed by atoms with van der Waals surface area (Å²) in [7, 11) is 0. The van der Waals surface area contributed by atoms with Gasteiger partial charge in [-0.25, -0.2) is 0 Å². The van der Waals surface area contributed by atoms with Crippen LogP contribution in [-0.4, -0.2) is 17.0 Å². The van der Waals surface area contributed by atoms with E-state index < -0.39 is 17.8 Å². The van der Waals surface area contributed by atoms with Gasteiger partial charge in [0.05, 0.1) is 11.8 Å².